The fourth-order valence-corrected chi connectivity index (χ4v) is 3.06. The summed E-state index contributed by atoms with van der Waals surface area (Å²) < 4.78 is 29.3. The standard InChI is InChI=1S/C16H17F2NO2S/c1-10(2)14(13-8-5-9-22-13)19-15(20)11-6-3-4-7-12(11)21-16(17)18/h3-10,14,16H,1-2H3,(H,19,20). The zero-order valence-electron chi connectivity index (χ0n) is 12.3. The van der Waals surface area contributed by atoms with Gasteiger partial charge in [0, 0.05) is 4.88 Å². The highest BCUT2D eigenvalue weighted by molar-refractivity contribution is 7.10. The van der Waals surface area contributed by atoms with Crippen LogP contribution in [0.15, 0.2) is 41.8 Å². The first kappa shape index (κ1) is 16.4. The molecular formula is C16H17F2NO2S. The van der Waals surface area contributed by atoms with E-state index in [9.17, 15) is 13.6 Å². The molecule has 1 amide bonds. The Morgan fingerprint density at radius 1 is 1.18 bits per heavy atom. The number of carbonyl (C=O) groups excluding carboxylic acids is 1. The van der Waals surface area contributed by atoms with Gasteiger partial charge >= 0.3 is 6.61 Å². The molecule has 118 valence electrons. The Labute approximate surface area is 131 Å². The molecule has 0 bridgehead atoms. The van der Waals surface area contributed by atoms with Gasteiger partial charge in [-0.25, -0.2) is 0 Å². The summed E-state index contributed by atoms with van der Waals surface area (Å²) in [5.74, 6) is -0.377. The summed E-state index contributed by atoms with van der Waals surface area (Å²) in [4.78, 5) is 13.4. The molecule has 1 heterocycles. The maximum absolute atomic E-state index is 12.4. The monoisotopic (exact) mass is 325 g/mol. The average molecular weight is 325 g/mol. The molecule has 0 saturated heterocycles. The Morgan fingerprint density at radius 2 is 1.91 bits per heavy atom. The number of hydrogen-bond donors (Lipinski definition) is 1. The minimum Gasteiger partial charge on any atom is -0.434 e. The second kappa shape index (κ2) is 7.35. The van der Waals surface area contributed by atoms with E-state index in [4.69, 9.17) is 0 Å². The molecule has 2 aromatic rings. The molecule has 0 aliphatic heterocycles. The molecule has 0 saturated carbocycles. The van der Waals surface area contributed by atoms with Crippen LogP contribution in [-0.2, 0) is 0 Å². The first-order valence-electron chi connectivity index (χ1n) is 6.87. The van der Waals surface area contributed by atoms with Crippen molar-refractivity contribution >= 4 is 17.2 Å². The second-order valence-corrected chi connectivity index (χ2v) is 6.06. The quantitative estimate of drug-likeness (QED) is 0.850. The van der Waals surface area contributed by atoms with E-state index in [0.29, 0.717) is 0 Å². The van der Waals surface area contributed by atoms with Crippen LogP contribution in [0.5, 0.6) is 5.75 Å². The Hall–Kier alpha value is -1.95. The number of halogens is 2. The Kier molecular flexibility index (Phi) is 5.49. The van der Waals surface area contributed by atoms with Gasteiger partial charge in [0.25, 0.3) is 5.91 Å². The van der Waals surface area contributed by atoms with Crippen molar-refractivity contribution in [1.82, 2.24) is 5.32 Å². The minimum atomic E-state index is -2.97. The van der Waals surface area contributed by atoms with E-state index >= 15 is 0 Å². The molecule has 3 nitrogen and oxygen atoms in total. The number of benzene rings is 1. The van der Waals surface area contributed by atoms with Crippen LogP contribution in [0.4, 0.5) is 8.78 Å². The van der Waals surface area contributed by atoms with Crippen LogP contribution in [0.1, 0.15) is 35.1 Å². The highest BCUT2D eigenvalue weighted by Crippen LogP contribution is 2.27. The molecule has 0 aliphatic rings. The normalized spacial score (nSPS) is 12.5. The summed E-state index contributed by atoms with van der Waals surface area (Å²) in [5, 5.41) is 4.83. The number of nitrogens with one attached hydrogen (secondary N) is 1. The van der Waals surface area contributed by atoms with Gasteiger partial charge in [-0.2, -0.15) is 8.78 Å². The van der Waals surface area contributed by atoms with Crippen LogP contribution in [0.3, 0.4) is 0 Å². The van der Waals surface area contributed by atoms with Gasteiger partial charge in [0.2, 0.25) is 0 Å². The van der Waals surface area contributed by atoms with Crippen molar-refractivity contribution in [2.24, 2.45) is 5.92 Å². The van der Waals surface area contributed by atoms with E-state index in [-0.39, 0.29) is 23.3 Å². The van der Waals surface area contributed by atoms with Gasteiger partial charge in [-0.05, 0) is 29.5 Å². The summed E-state index contributed by atoms with van der Waals surface area (Å²) in [5.41, 5.74) is 0.102. The summed E-state index contributed by atoms with van der Waals surface area (Å²) in [6, 6.07) is 9.67. The van der Waals surface area contributed by atoms with Crippen molar-refractivity contribution in [3.05, 3.63) is 52.2 Å². The lowest BCUT2D eigenvalue weighted by atomic mass is 10.0. The molecule has 1 aromatic heterocycles. The van der Waals surface area contributed by atoms with Gasteiger partial charge in [0.1, 0.15) is 5.75 Å². The zero-order valence-corrected chi connectivity index (χ0v) is 13.1. The Morgan fingerprint density at radius 3 is 2.50 bits per heavy atom. The van der Waals surface area contributed by atoms with Crippen molar-refractivity contribution in [1.29, 1.82) is 0 Å². The van der Waals surface area contributed by atoms with E-state index in [1.807, 2.05) is 31.4 Å². The van der Waals surface area contributed by atoms with Crippen LogP contribution in [0, 0.1) is 5.92 Å². The van der Waals surface area contributed by atoms with Crippen molar-refractivity contribution in [2.45, 2.75) is 26.5 Å². The SMILES string of the molecule is CC(C)C(NC(=O)c1ccccc1OC(F)F)c1cccs1. The lowest BCUT2D eigenvalue weighted by Crippen LogP contribution is -2.31. The lowest BCUT2D eigenvalue weighted by molar-refractivity contribution is -0.0501. The first-order chi connectivity index (χ1) is 10.5. The van der Waals surface area contributed by atoms with Crippen LogP contribution in [0.2, 0.25) is 0 Å². The largest absolute Gasteiger partial charge is 0.434 e. The van der Waals surface area contributed by atoms with Crippen LogP contribution in [-0.4, -0.2) is 12.5 Å². The molecule has 2 rings (SSSR count). The highest BCUT2D eigenvalue weighted by atomic mass is 32.1. The average Bonchev–Trinajstić information content (AvgIpc) is 2.98. The third-order valence-corrected chi connectivity index (χ3v) is 4.11. The third-order valence-electron chi connectivity index (χ3n) is 3.15. The van der Waals surface area contributed by atoms with Crippen molar-refractivity contribution < 1.29 is 18.3 Å². The lowest BCUT2D eigenvalue weighted by Gasteiger charge is -2.22. The predicted molar refractivity (Wildman–Crippen MR) is 82.4 cm³/mol. The number of ether oxygens (including phenoxy) is 1. The summed E-state index contributed by atoms with van der Waals surface area (Å²) in [6.45, 7) is 1.02. The smallest absolute Gasteiger partial charge is 0.387 e. The van der Waals surface area contributed by atoms with Crippen LogP contribution < -0.4 is 10.1 Å². The fourth-order valence-electron chi connectivity index (χ4n) is 2.11. The highest BCUT2D eigenvalue weighted by Gasteiger charge is 2.22. The van der Waals surface area contributed by atoms with E-state index in [1.54, 1.807) is 23.5 Å². The van der Waals surface area contributed by atoms with Crippen molar-refractivity contribution in [2.75, 3.05) is 0 Å². The van der Waals surface area contributed by atoms with Crippen molar-refractivity contribution in [3.8, 4) is 5.75 Å². The predicted octanol–water partition coefficient (Wildman–Crippen LogP) is 4.48. The molecule has 1 atom stereocenters. The molecule has 1 aromatic carbocycles. The summed E-state index contributed by atoms with van der Waals surface area (Å²) >= 11 is 1.55. The topological polar surface area (TPSA) is 38.3 Å². The molecule has 22 heavy (non-hydrogen) atoms. The maximum atomic E-state index is 12.4. The number of hydrogen-bond acceptors (Lipinski definition) is 3. The minimum absolute atomic E-state index is 0.102. The van der Waals surface area contributed by atoms with E-state index < -0.39 is 12.5 Å². The molecule has 0 fully saturated rings. The number of para-hydroxylation sites is 1. The van der Waals surface area contributed by atoms with Gasteiger partial charge in [-0.3, -0.25) is 4.79 Å². The van der Waals surface area contributed by atoms with E-state index in [2.05, 4.69) is 10.1 Å². The summed E-state index contributed by atoms with van der Waals surface area (Å²) in [7, 11) is 0. The zero-order chi connectivity index (χ0) is 16.1. The molecule has 1 N–H and O–H groups in total. The second-order valence-electron chi connectivity index (χ2n) is 5.09. The summed E-state index contributed by atoms with van der Waals surface area (Å²) in [6.07, 6.45) is 0. The number of thiophene rings is 1. The van der Waals surface area contributed by atoms with Gasteiger partial charge < -0.3 is 10.1 Å². The van der Waals surface area contributed by atoms with Crippen molar-refractivity contribution in [3.63, 3.8) is 0 Å². The van der Waals surface area contributed by atoms with Gasteiger partial charge in [-0.15, -0.1) is 11.3 Å². The van der Waals surface area contributed by atoms with Crippen LogP contribution in [0.25, 0.3) is 0 Å². The Bertz CT molecular complexity index is 614. The maximum Gasteiger partial charge on any atom is 0.387 e. The number of rotatable bonds is 6. The van der Waals surface area contributed by atoms with E-state index in [0.717, 1.165) is 4.88 Å². The molecule has 0 spiro atoms. The fraction of sp³-hybridized carbons (Fsp3) is 0.312. The molecule has 0 radical (unpaired) electrons. The molecular weight excluding hydrogens is 308 g/mol. The van der Waals surface area contributed by atoms with Gasteiger partial charge in [-0.1, -0.05) is 32.0 Å². The molecule has 0 aliphatic carbocycles. The molecule has 1 unspecified atom stereocenters. The number of amides is 1. The third kappa shape index (κ3) is 4.04. The number of alkyl halides is 2. The van der Waals surface area contributed by atoms with Gasteiger partial charge in [0.15, 0.2) is 0 Å². The van der Waals surface area contributed by atoms with E-state index in [1.165, 1.54) is 12.1 Å². The van der Waals surface area contributed by atoms with Crippen LogP contribution >= 0.6 is 11.3 Å². The first-order valence-corrected chi connectivity index (χ1v) is 7.75. The molecule has 6 heteroatoms. The van der Waals surface area contributed by atoms with Gasteiger partial charge in [0.05, 0.1) is 11.6 Å². The number of carbonyl (C=O) groups is 1. The Balaban J connectivity index is 2.21.